The number of fused-ring (bicyclic) bond motifs is 1. The van der Waals surface area contributed by atoms with Crippen LogP contribution in [0.1, 0.15) is 12.8 Å². The molecule has 9 nitrogen and oxygen atoms in total. The van der Waals surface area contributed by atoms with E-state index in [-0.39, 0.29) is 18.6 Å². The van der Waals surface area contributed by atoms with E-state index in [1.54, 1.807) is 24.4 Å². The molecule has 1 aliphatic heterocycles. The number of hydrogen-bond donors (Lipinski definition) is 3. The SMILES string of the molecule is COc1ccc2nccc(NC(=O)C3CCC(NC(=O)O)CO3)c2n1. The molecule has 25 heavy (non-hydrogen) atoms. The second-order valence-electron chi connectivity index (χ2n) is 5.61. The highest BCUT2D eigenvalue weighted by molar-refractivity contribution is 6.01. The maximum absolute atomic E-state index is 12.4. The van der Waals surface area contributed by atoms with Gasteiger partial charge in [0.25, 0.3) is 5.91 Å². The molecular formula is C16H18N4O5. The number of carboxylic acid groups (broad SMARTS) is 1. The van der Waals surface area contributed by atoms with Gasteiger partial charge in [-0.2, -0.15) is 0 Å². The molecule has 0 spiro atoms. The molecule has 1 fully saturated rings. The van der Waals surface area contributed by atoms with Gasteiger partial charge in [0.1, 0.15) is 11.6 Å². The van der Waals surface area contributed by atoms with Crippen molar-refractivity contribution >= 4 is 28.7 Å². The lowest BCUT2D eigenvalue weighted by atomic mass is 10.0. The van der Waals surface area contributed by atoms with E-state index in [4.69, 9.17) is 14.6 Å². The Balaban J connectivity index is 1.69. The molecule has 2 amide bonds. The Kier molecular flexibility index (Phi) is 4.94. The van der Waals surface area contributed by atoms with Gasteiger partial charge in [-0.25, -0.2) is 9.78 Å². The van der Waals surface area contributed by atoms with Crippen molar-refractivity contribution < 1.29 is 24.2 Å². The van der Waals surface area contributed by atoms with Crippen LogP contribution in [0.4, 0.5) is 10.5 Å². The molecule has 2 unspecified atom stereocenters. The van der Waals surface area contributed by atoms with Crippen molar-refractivity contribution in [3.8, 4) is 5.88 Å². The highest BCUT2D eigenvalue weighted by atomic mass is 16.5. The number of nitrogens with one attached hydrogen (secondary N) is 2. The summed E-state index contributed by atoms with van der Waals surface area (Å²) in [6, 6.07) is 4.82. The standard InChI is InChI=1S/C16H18N4O5/c1-24-13-5-3-10-14(20-13)11(6-7-17-10)19-15(21)12-4-2-9(8-25-12)18-16(22)23/h3,5-7,9,12,18H,2,4,8H2,1H3,(H,22,23)(H,17,19,21). The molecule has 132 valence electrons. The molecule has 3 N–H and O–H groups in total. The third-order valence-corrected chi connectivity index (χ3v) is 3.92. The monoisotopic (exact) mass is 346 g/mol. The van der Waals surface area contributed by atoms with Crippen molar-refractivity contribution in [2.75, 3.05) is 19.0 Å². The summed E-state index contributed by atoms with van der Waals surface area (Å²) >= 11 is 0. The molecule has 2 aromatic rings. The zero-order valence-electron chi connectivity index (χ0n) is 13.6. The van der Waals surface area contributed by atoms with Gasteiger partial charge in [0.2, 0.25) is 5.88 Å². The highest BCUT2D eigenvalue weighted by Gasteiger charge is 2.28. The number of anilines is 1. The predicted octanol–water partition coefficient (Wildman–Crippen LogP) is 1.39. The van der Waals surface area contributed by atoms with Crippen LogP contribution in [-0.2, 0) is 9.53 Å². The van der Waals surface area contributed by atoms with Gasteiger partial charge >= 0.3 is 6.09 Å². The number of nitrogens with zero attached hydrogens (tertiary/aromatic N) is 2. The quantitative estimate of drug-likeness (QED) is 0.764. The number of carbonyl (C=O) groups is 2. The Morgan fingerprint density at radius 2 is 2.16 bits per heavy atom. The number of pyridine rings is 2. The Labute approximate surface area is 143 Å². The molecule has 3 rings (SSSR count). The number of carbonyl (C=O) groups excluding carboxylic acids is 1. The summed E-state index contributed by atoms with van der Waals surface area (Å²) in [5, 5.41) is 13.9. The number of ether oxygens (including phenoxy) is 2. The fourth-order valence-corrected chi connectivity index (χ4v) is 2.68. The van der Waals surface area contributed by atoms with Gasteiger partial charge in [-0.15, -0.1) is 0 Å². The lowest BCUT2D eigenvalue weighted by Crippen LogP contribution is -2.45. The van der Waals surface area contributed by atoms with Gasteiger partial charge in [-0.05, 0) is 25.0 Å². The Hall–Kier alpha value is -2.94. The van der Waals surface area contributed by atoms with Crippen LogP contribution in [0, 0.1) is 0 Å². The van der Waals surface area contributed by atoms with Crippen molar-refractivity contribution in [2.45, 2.75) is 25.0 Å². The van der Waals surface area contributed by atoms with E-state index >= 15 is 0 Å². The third kappa shape index (κ3) is 3.94. The third-order valence-electron chi connectivity index (χ3n) is 3.92. The largest absolute Gasteiger partial charge is 0.481 e. The van der Waals surface area contributed by atoms with Crippen LogP contribution in [0.25, 0.3) is 11.0 Å². The van der Waals surface area contributed by atoms with Crippen LogP contribution in [-0.4, -0.2) is 52.9 Å². The molecule has 1 aliphatic rings. The number of hydrogen-bond acceptors (Lipinski definition) is 6. The van der Waals surface area contributed by atoms with Crippen LogP contribution in [0.2, 0.25) is 0 Å². The van der Waals surface area contributed by atoms with Crippen LogP contribution in [0.5, 0.6) is 5.88 Å². The second-order valence-corrected chi connectivity index (χ2v) is 5.61. The van der Waals surface area contributed by atoms with Crippen LogP contribution in [0.15, 0.2) is 24.4 Å². The maximum atomic E-state index is 12.4. The van der Waals surface area contributed by atoms with Gasteiger partial charge in [0.05, 0.1) is 31.0 Å². The van der Waals surface area contributed by atoms with Crippen molar-refractivity contribution in [3.63, 3.8) is 0 Å². The van der Waals surface area contributed by atoms with Crippen molar-refractivity contribution in [1.82, 2.24) is 15.3 Å². The Morgan fingerprint density at radius 3 is 2.84 bits per heavy atom. The number of amides is 2. The highest BCUT2D eigenvalue weighted by Crippen LogP contribution is 2.23. The van der Waals surface area contributed by atoms with E-state index in [1.165, 1.54) is 7.11 Å². The number of aromatic nitrogens is 2. The Bertz CT molecular complexity index is 789. The summed E-state index contributed by atoms with van der Waals surface area (Å²) in [5.41, 5.74) is 1.67. The molecule has 0 aliphatic carbocycles. The van der Waals surface area contributed by atoms with E-state index in [0.29, 0.717) is 35.4 Å². The summed E-state index contributed by atoms with van der Waals surface area (Å²) < 4.78 is 10.6. The minimum atomic E-state index is -1.10. The molecule has 2 atom stereocenters. The summed E-state index contributed by atoms with van der Waals surface area (Å²) in [7, 11) is 1.51. The smallest absolute Gasteiger partial charge is 0.404 e. The lowest BCUT2D eigenvalue weighted by Gasteiger charge is -2.28. The summed E-state index contributed by atoms with van der Waals surface area (Å²) in [6.07, 6.45) is 0.811. The van der Waals surface area contributed by atoms with E-state index in [1.807, 2.05) is 0 Å². The van der Waals surface area contributed by atoms with E-state index < -0.39 is 12.2 Å². The maximum Gasteiger partial charge on any atom is 0.404 e. The molecule has 0 aromatic carbocycles. The van der Waals surface area contributed by atoms with Crippen LogP contribution < -0.4 is 15.4 Å². The van der Waals surface area contributed by atoms with E-state index in [9.17, 15) is 9.59 Å². The first kappa shape index (κ1) is 16.9. The first-order valence-electron chi connectivity index (χ1n) is 7.78. The van der Waals surface area contributed by atoms with Crippen LogP contribution in [0.3, 0.4) is 0 Å². The fraction of sp³-hybridized carbons (Fsp3) is 0.375. The molecule has 0 saturated carbocycles. The van der Waals surface area contributed by atoms with Crippen molar-refractivity contribution in [3.05, 3.63) is 24.4 Å². The number of rotatable bonds is 4. The lowest BCUT2D eigenvalue weighted by molar-refractivity contribution is -0.130. The minimum absolute atomic E-state index is 0.160. The van der Waals surface area contributed by atoms with Gasteiger partial charge in [0.15, 0.2) is 0 Å². The molecule has 2 aromatic heterocycles. The Morgan fingerprint density at radius 1 is 1.32 bits per heavy atom. The number of methoxy groups -OCH3 is 1. The average Bonchev–Trinajstić information content (AvgIpc) is 2.61. The molecular weight excluding hydrogens is 328 g/mol. The zero-order chi connectivity index (χ0) is 17.8. The first-order chi connectivity index (χ1) is 12.1. The summed E-state index contributed by atoms with van der Waals surface area (Å²) in [4.78, 5) is 31.6. The van der Waals surface area contributed by atoms with E-state index in [2.05, 4.69) is 20.6 Å². The van der Waals surface area contributed by atoms with Gasteiger partial charge in [-0.1, -0.05) is 0 Å². The first-order valence-corrected chi connectivity index (χ1v) is 7.78. The molecule has 9 heteroatoms. The fourth-order valence-electron chi connectivity index (χ4n) is 2.68. The van der Waals surface area contributed by atoms with E-state index in [0.717, 1.165) is 0 Å². The molecule has 0 radical (unpaired) electrons. The predicted molar refractivity (Wildman–Crippen MR) is 88.6 cm³/mol. The normalized spacial score (nSPS) is 20.0. The zero-order valence-corrected chi connectivity index (χ0v) is 13.6. The average molecular weight is 346 g/mol. The second kappa shape index (κ2) is 7.31. The van der Waals surface area contributed by atoms with Gasteiger partial charge in [0, 0.05) is 12.3 Å². The molecule has 1 saturated heterocycles. The van der Waals surface area contributed by atoms with Crippen molar-refractivity contribution in [1.29, 1.82) is 0 Å². The summed E-state index contributed by atoms with van der Waals surface area (Å²) in [6.45, 7) is 0.160. The minimum Gasteiger partial charge on any atom is -0.481 e. The van der Waals surface area contributed by atoms with Crippen LogP contribution >= 0.6 is 0 Å². The van der Waals surface area contributed by atoms with Gasteiger partial charge < -0.3 is 25.2 Å². The molecule has 0 bridgehead atoms. The topological polar surface area (TPSA) is 123 Å². The molecule has 3 heterocycles. The van der Waals surface area contributed by atoms with Gasteiger partial charge in [-0.3, -0.25) is 9.78 Å². The summed E-state index contributed by atoms with van der Waals surface area (Å²) in [5.74, 6) is 0.124. The van der Waals surface area contributed by atoms with Crippen molar-refractivity contribution in [2.24, 2.45) is 0 Å².